The summed E-state index contributed by atoms with van der Waals surface area (Å²) in [5, 5.41) is 11.3. The Morgan fingerprint density at radius 3 is 2.52 bits per heavy atom. The van der Waals surface area contributed by atoms with E-state index in [1.54, 1.807) is 26.0 Å². The van der Waals surface area contributed by atoms with Crippen molar-refractivity contribution >= 4 is 48.9 Å². The molecule has 8 nitrogen and oxygen atoms in total. The van der Waals surface area contributed by atoms with Crippen LogP contribution in [0.4, 0.5) is 5.69 Å². The van der Waals surface area contributed by atoms with E-state index in [0.29, 0.717) is 3.79 Å². The van der Waals surface area contributed by atoms with Crippen LogP contribution in [0, 0.1) is 10.1 Å². The Bertz CT molecular complexity index is 942. The number of nitrogens with one attached hydrogen (secondary N) is 1. The molecule has 0 spiro atoms. The first-order valence-electron chi connectivity index (χ1n) is 7.80. The maximum atomic E-state index is 12.7. The van der Waals surface area contributed by atoms with Crippen LogP contribution in [-0.4, -0.2) is 25.4 Å². The first-order chi connectivity index (χ1) is 12.6. The minimum absolute atomic E-state index is 0.0233. The van der Waals surface area contributed by atoms with Gasteiger partial charge in [0.05, 0.1) is 27.3 Å². The van der Waals surface area contributed by atoms with Crippen LogP contribution in [0.15, 0.2) is 44.4 Å². The van der Waals surface area contributed by atoms with Crippen LogP contribution in [0.2, 0.25) is 0 Å². The molecule has 0 aliphatic rings. The largest absolute Gasteiger partial charge is 0.463 e. The zero-order chi connectivity index (χ0) is 20.2. The molecule has 1 heterocycles. The number of sulfonamides is 1. The zero-order valence-electron chi connectivity index (χ0n) is 14.4. The Morgan fingerprint density at radius 2 is 1.96 bits per heavy atom. The number of carbonyl (C=O) groups excluding carboxylic acids is 1. The highest BCUT2D eigenvalue weighted by atomic mass is 79.9. The number of carbonyl (C=O) groups is 1. The van der Waals surface area contributed by atoms with E-state index in [4.69, 9.17) is 4.74 Å². The molecule has 1 N–H and O–H groups in total. The van der Waals surface area contributed by atoms with Crippen molar-refractivity contribution in [3.8, 4) is 0 Å². The number of benzene rings is 1. The van der Waals surface area contributed by atoms with Gasteiger partial charge < -0.3 is 4.74 Å². The number of halogens is 1. The summed E-state index contributed by atoms with van der Waals surface area (Å²) in [6.07, 6.45) is -0.775. The van der Waals surface area contributed by atoms with E-state index >= 15 is 0 Å². The van der Waals surface area contributed by atoms with E-state index in [2.05, 4.69) is 20.7 Å². The maximum absolute atomic E-state index is 12.7. The number of hydrogen-bond acceptors (Lipinski definition) is 7. The van der Waals surface area contributed by atoms with Crippen LogP contribution in [0.3, 0.4) is 0 Å². The molecule has 1 unspecified atom stereocenters. The molecule has 0 radical (unpaired) electrons. The molecular formula is C16H17BrN2O6S2. The molecule has 1 aromatic heterocycles. The molecule has 1 atom stereocenters. The van der Waals surface area contributed by atoms with Crippen molar-refractivity contribution in [2.75, 3.05) is 0 Å². The van der Waals surface area contributed by atoms with E-state index in [-0.39, 0.29) is 21.9 Å². The van der Waals surface area contributed by atoms with Gasteiger partial charge in [-0.05, 0) is 41.9 Å². The fraction of sp³-hybridized carbons (Fsp3) is 0.312. The lowest BCUT2D eigenvalue weighted by molar-refractivity contribution is -0.385. The van der Waals surface area contributed by atoms with Gasteiger partial charge in [0.25, 0.3) is 15.7 Å². The number of ether oxygens (including phenoxy) is 1. The van der Waals surface area contributed by atoms with Crippen molar-refractivity contribution in [1.82, 2.24) is 4.72 Å². The maximum Gasteiger partial charge on any atom is 0.308 e. The molecule has 0 saturated heterocycles. The van der Waals surface area contributed by atoms with Crippen molar-refractivity contribution in [2.24, 2.45) is 0 Å². The molecule has 0 bridgehead atoms. The monoisotopic (exact) mass is 476 g/mol. The molecule has 146 valence electrons. The van der Waals surface area contributed by atoms with Crippen LogP contribution in [0.5, 0.6) is 0 Å². The second-order valence-corrected chi connectivity index (χ2v) is 10.2. The third-order valence-electron chi connectivity index (χ3n) is 3.36. The van der Waals surface area contributed by atoms with E-state index in [1.807, 2.05) is 0 Å². The van der Waals surface area contributed by atoms with Crippen molar-refractivity contribution in [1.29, 1.82) is 0 Å². The third-order valence-corrected chi connectivity index (χ3v) is 6.94. The summed E-state index contributed by atoms with van der Waals surface area (Å²) in [4.78, 5) is 22.8. The molecule has 0 aliphatic carbocycles. The van der Waals surface area contributed by atoms with Gasteiger partial charge in [-0.2, -0.15) is 0 Å². The number of rotatable bonds is 8. The third kappa shape index (κ3) is 5.83. The van der Waals surface area contributed by atoms with Gasteiger partial charge in [-0.15, -0.1) is 11.3 Å². The fourth-order valence-corrected chi connectivity index (χ4v) is 5.57. The van der Waals surface area contributed by atoms with Crippen molar-refractivity contribution in [3.63, 3.8) is 0 Å². The SMILES string of the molecule is CC(C)OC(=O)CC(NS(=O)(=O)c1ccc(Br)s1)c1ccccc1[N+](=O)[O-]. The molecule has 1 aromatic carbocycles. The summed E-state index contributed by atoms with van der Waals surface area (Å²) in [7, 11) is -4.00. The molecule has 2 rings (SSSR count). The van der Waals surface area contributed by atoms with E-state index in [9.17, 15) is 23.3 Å². The number of esters is 1. The topological polar surface area (TPSA) is 116 Å². The number of thiophene rings is 1. The smallest absolute Gasteiger partial charge is 0.308 e. The fourth-order valence-electron chi connectivity index (χ4n) is 2.33. The Hall–Kier alpha value is -1.82. The molecule has 0 saturated carbocycles. The predicted molar refractivity (Wildman–Crippen MR) is 104 cm³/mol. The van der Waals surface area contributed by atoms with E-state index in [0.717, 1.165) is 11.3 Å². The molecule has 0 amide bonds. The first-order valence-corrected chi connectivity index (χ1v) is 10.9. The van der Waals surface area contributed by atoms with Gasteiger partial charge in [-0.1, -0.05) is 18.2 Å². The molecule has 0 aliphatic heterocycles. The average molecular weight is 477 g/mol. The van der Waals surface area contributed by atoms with Crippen LogP contribution in [0.1, 0.15) is 31.9 Å². The van der Waals surface area contributed by atoms with Gasteiger partial charge in [0.1, 0.15) is 4.21 Å². The summed E-state index contributed by atoms with van der Waals surface area (Å²) in [6.45, 7) is 3.32. The second-order valence-electron chi connectivity index (χ2n) is 5.79. The van der Waals surface area contributed by atoms with Crippen LogP contribution in [-0.2, 0) is 19.6 Å². The lowest BCUT2D eigenvalue weighted by Crippen LogP contribution is -2.31. The summed E-state index contributed by atoms with van der Waals surface area (Å²) in [5.74, 6) is -0.664. The van der Waals surface area contributed by atoms with Crippen LogP contribution in [0.25, 0.3) is 0 Å². The van der Waals surface area contributed by atoms with Crippen molar-refractivity contribution in [3.05, 3.63) is 55.9 Å². The summed E-state index contributed by atoms with van der Waals surface area (Å²) in [5.41, 5.74) is -0.197. The van der Waals surface area contributed by atoms with Crippen LogP contribution >= 0.6 is 27.3 Å². The predicted octanol–water partition coefficient (Wildman–Crippen LogP) is 3.78. The first kappa shape index (κ1) is 21.5. The van der Waals surface area contributed by atoms with Gasteiger partial charge >= 0.3 is 5.97 Å². The normalized spacial score (nSPS) is 12.7. The Kier molecular flexibility index (Phi) is 7.09. The Balaban J connectivity index is 2.41. The molecule has 27 heavy (non-hydrogen) atoms. The summed E-state index contributed by atoms with van der Waals surface area (Å²) >= 11 is 4.18. The van der Waals surface area contributed by atoms with Crippen LogP contribution < -0.4 is 4.72 Å². The molecule has 0 fully saturated rings. The Labute approximate surface area is 168 Å². The van der Waals surface area contributed by atoms with Gasteiger partial charge in [-0.3, -0.25) is 14.9 Å². The van der Waals surface area contributed by atoms with Gasteiger partial charge in [0.2, 0.25) is 0 Å². The standard InChI is InChI=1S/C16H17BrN2O6S2/c1-10(2)25-15(20)9-12(11-5-3-4-6-13(11)19(21)22)18-27(23,24)16-8-7-14(17)26-16/h3-8,10,12,18H,9H2,1-2H3. The molecular weight excluding hydrogens is 460 g/mol. The highest BCUT2D eigenvalue weighted by Crippen LogP contribution is 2.31. The second kappa shape index (κ2) is 8.91. The molecule has 2 aromatic rings. The number of nitro groups is 1. The molecule has 11 heteroatoms. The van der Waals surface area contributed by atoms with Crippen molar-refractivity contribution in [2.45, 2.75) is 36.6 Å². The van der Waals surface area contributed by atoms with E-state index in [1.165, 1.54) is 24.3 Å². The van der Waals surface area contributed by atoms with E-state index < -0.39 is 33.1 Å². The lowest BCUT2D eigenvalue weighted by atomic mass is 10.0. The van der Waals surface area contributed by atoms with Gasteiger partial charge in [0, 0.05) is 11.6 Å². The quantitative estimate of drug-likeness (QED) is 0.352. The zero-order valence-corrected chi connectivity index (χ0v) is 17.6. The minimum Gasteiger partial charge on any atom is -0.463 e. The average Bonchev–Trinajstić information content (AvgIpc) is 3.00. The summed E-state index contributed by atoms with van der Waals surface area (Å²) in [6, 6.07) is 7.51. The van der Waals surface area contributed by atoms with Gasteiger partial charge in [0.15, 0.2) is 0 Å². The Morgan fingerprint density at radius 1 is 1.30 bits per heavy atom. The van der Waals surface area contributed by atoms with Crippen molar-refractivity contribution < 1.29 is 22.9 Å². The minimum atomic E-state index is -4.00. The highest BCUT2D eigenvalue weighted by Gasteiger charge is 2.30. The van der Waals surface area contributed by atoms with Gasteiger partial charge in [-0.25, -0.2) is 13.1 Å². The number of nitrogens with zero attached hydrogens (tertiary/aromatic N) is 1. The lowest BCUT2D eigenvalue weighted by Gasteiger charge is -2.19. The highest BCUT2D eigenvalue weighted by molar-refractivity contribution is 9.11. The number of nitro benzene ring substituents is 1. The number of hydrogen-bond donors (Lipinski definition) is 1. The number of para-hydroxylation sites is 1. The summed E-state index contributed by atoms with van der Waals surface area (Å²) < 4.78 is 33.5.